The summed E-state index contributed by atoms with van der Waals surface area (Å²) in [6.07, 6.45) is 0. The Bertz CT molecular complexity index is 704. The Hall–Kier alpha value is -2.21. The third-order valence-electron chi connectivity index (χ3n) is 3.57. The number of halogens is 1. The lowest BCUT2D eigenvalue weighted by Gasteiger charge is -2.25. The highest BCUT2D eigenvalue weighted by Gasteiger charge is 2.22. The molecule has 0 aliphatic carbocycles. The van der Waals surface area contributed by atoms with E-state index in [1.54, 1.807) is 18.0 Å². The van der Waals surface area contributed by atoms with Crippen LogP contribution in [0.25, 0.3) is 0 Å². The van der Waals surface area contributed by atoms with Crippen molar-refractivity contribution in [1.29, 1.82) is 0 Å². The zero-order valence-electron chi connectivity index (χ0n) is 12.2. The van der Waals surface area contributed by atoms with E-state index in [2.05, 4.69) is 15.9 Å². The van der Waals surface area contributed by atoms with Crippen molar-refractivity contribution in [1.82, 2.24) is 4.90 Å². The second-order valence-corrected chi connectivity index (χ2v) is 5.78. The molecule has 0 aliphatic heterocycles. The Morgan fingerprint density at radius 1 is 1.23 bits per heavy atom. The van der Waals surface area contributed by atoms with Gasteiger partial charge in [-0.15, -0.1) is 0 Å². The summed E-state index contributed by atoms with van der Waals surface area (Å²) in [5, 5.41) is 11.0. The molecular formula is C16H15BrN2O3. The molecule has 6 heteroatoms. The fourth-order valence-electron chi connectivity index (χ4n) is 2.12. The molecule has 0 aliphatic rings. The van der Waals surface area contributed by atoms with Crippen LogP contribution in [0.3, 0.4) is 0 Å². The van der Waals surface area contributed by atoms with Gasteiger partial charge in [0, 0.05) is 18.7 Å². The van der Waals surface area contributed by atoms with Crippen molar-refractivity contribution >= 4 is 27.5 Å². The summed E-state index contributed by atoms with van der Waals surface area (Å²) in [4.78, 5) is 24.6. The number of benzene rings is 2. The highest BCUT2D eigenvalue weighted by atomic mass is 79.9. The van der Waals surface area contributed by atoms with E-state index < -0.39 is 4.92 Å². The molecule has 1 atom stereocenters. The summed E-state index contributed by atoms with van der Waals surface area (Å²) in [6.45, 7) is 1.92. The van der Waals surface area contributed by atoms with Crippen molar-refractivity contribution in [2.24, 2.45) is 0 Å². The fourth-order valence-corrected chi connectivity index (χ4v) is 2.51. The van der Waals surface area contributed by atoms with Crippen molar-refractivity contribution in [2.75, 3.05) is 7.05 Å². The van der Waals surface area contributed by atoms with Crippen LogP contribution in [0, 0.1) is 10.1 Å². The summed E-state index contributed by atoms with van der Waals surface area (Å²) in [7, 11) is 1.69. The van der Waals surface area contributed by atoms with Gasteiger partial charge in [-0.25, -0.2) is 0 Å². The van der Waals surface area contributed by atoms with Crippen LogP contribution in [0.15, 0.2) is 53.0 Å². The standard InChI is InChI=1S/C16H15BrN2O3/c1-11(12-6-4-3-5-7-12)18(2)16(20)13-8-9-14(17)15(10-13)19(21)22/h3-11H,1-2H3/t11-/m1/s1. The van der Waals surface area contributed by atoms with Crippen LogP contribution < -0.4 is 0 Å². The highest BCUT2D eigenvalue weighted by Crippen LogP contribution is 2.27. The van der Waals surface area contributed by atoms with E-state index in [9.17, 15) is 14.9 Å². The van der Waals surface area contributed by atoms with E-state index >= 15 is 0 Å². The van der Waals surface area contributed by atoms with Crippen LogP contribution in [-0.2, 0) is 0 Å². The molecule has 0 saturated heterocycles. The van der Waals surface area contributed by atoms with Crippen LogP contribution >= 0.6 is 15.9 Å². The largest absolute Gasteiger partial charge is 0.335 e. The molecule has 0 saturated carbocycles. The van der Waals surface area contributed by atoms with Gasteiger partial charge in [-0.05, 0) is 40.5 Å². The van der Waals surface area contributed by atoms with Gasteiger partial charge < -0.3 is 4.90 Å². The maximum Gasteiger partial charge on any atom is 0.284 e. The molecule has 2 rings (SSSR count). The van der Waals surface area contributed by atoms with Gasteiger partial charge in [0.1, 0.15) is 0 Å². The predicted octanol–water partition coefficient (Wildman–Crippen LogP) is 4.19. The van der Waals surface area contributed by atoms with Crippen LogP contribution in [0.5, 0.6) is 0 Å². The van der Waals surface area contributed by atoms with Gasteiger partial charge in [0.25, 0.3) is 11.6 Å². The first-order valence-electron chi connectivity index (χ1n) is 6.68. The fraction of sp³-hybridized carbons (Fsp3) is 0.188. The molecule has 0 radical (unpaired) electrons. The van der Waals surface area contributed by atoms with Crippen LogP contribution in [0.1, 0.15) is 28.9 Å². The number of nitro benzene ring substituents is 1. The quantitative estimate of drug-likeness (QED) is 0.604. The summed E-state index contributed by atoms with van der Waals surface area (Å²) in [5.74, 6) is -0.257. The molecule has 0 aromatic heterocycles. The molecule has 5 nitrogen and oxygen atoms in total. The SMILES string of the molecule is C[C@H](c1ccccc1)N(C)C(=O)c1ccc(Br)c([N+](=O)[O-])c1. The molecule has 2 aromatic rings. The van der Waals surface area contributed by atoms with E-state index in [-0.39, 0.29) is 17.6 Å². The molecular weight excluding hydrogens is 348 g/mol. The van der Waals surface area contributed by atoms with E-state index in [1.807, 2.05) is 37.3 Å². The van der Waals surface area contributed by atoms with Gasteiger partial charge in [-0.3, -0.25) is 14.9 Å². The zero-order valence-corrected chi connectivity index (χ0v) is 13.8. The minimum Gasteiger partial charge on any atom is -0.335 e. The first-order chi connectivity index (χ1) is 10.4. The summed E-state index contributed by atoms with van der Waals surface area (Å²) in [6, 6.07) is 13.9. The van der Waals surface area contributed by atoms with E-state index in [0.717, 1.165) is 5.56 Å². The molecule has 0 fully saturated rings. The second-order valence-electron chi connectivity index (χ2n) is 4.93. The van der Waals surface area contributed by atoms with Gasteiger partial charge in [0.15, 0.2) is 0 Å². The minimum atomic E-state index is -0.512. The second kappa shape index (κ2) is 6.70. The normalized spacial score (nSPS) is 11.8. The van der Waals surface area contributed by atoms with Crippen molar-refractivity contribution in [3.8, 4) is 0 Å². The number of hydrogen-bond acceptors (Lipinski definition) is 3. The minimum absolute atomic E-state index is 0.119. The predicted molar refractivity (Wildman–Crippen MR) is 87.7 cm³/mol. The first kappa shape index (κ1) is 16.2. The van der Waals surface area contributed by atoms with Crippen LogP contribution in [0.2, 0.25) is 0 Å². The van der Waals surface area contributed by atoms with E-state index in [1.165, 1.54) is 12.1 Å². The lowest BCUT2D eigenvalue weighted by molar-refractivity contribution is -0.385. The number of hydrogen-bond donors (Lipinski definition) is 0. The molecule has 2 aromatic carbocycles. The van der Waals surface area contributed by atoms with Crippen LogP contribution in [0.4, 0.5) is 5.69 Å². The molecule has 0 N–H and O–H groups in total. The van der Waals surface area contributed by atoms with Crippen molar-refractivity contribution in [2.45, 2.75) is 13.0 Å². The van der Waals surface area contributed by atoms with Gasteiger partial charge >= 0.3 is 0 Å². The Morgan fingerprint density at radius 2 is 1.86 bits per heavy atom. The molecule has 0 bridgehead atoms. The van der Waals surface area contributed by atoms with Crippen LogP contribution in [-0.4, -0.2) is 22.8 Å². The summed E-state index contributed by atoms with van der Waals surface area (Å²) >= 11 is 3.12. The average molecular weight is 363 g/mol. The molecule has 0 heterocycles. The maximum absolute atomic E-state index is 12.5. The summed E-state index contributed by atoms with van der Waals surface area (Å²) < 4.78 is 0.354. The average Bonchev–Trinajstić information content (AvgIpc) is 2.53. The Kier molecular flexibility index (Phi) is 4.92. The lowest BCUT2D eigenvalue weighted by Crippen LogP contribution is -2.29. The number of amides is 1. The van der Waals surface area contributed by atoms with Crippen molar-refractivity contribution in [3.63, 3.8) is 0 Å². The van der Waals surface area contributed by atoms with E-state index in [4.69, 9.17) is 0 Å². The van der Waals surface area contributed by atoms with Crippen molar-refractivity contribution in [3.05, 3.63) is 74.2 Å². The molecule has 0 unspecified atom stereocenters. The highest BCUT2D eigenvalue weighted by molar-refractivity contribution is 9.10. The topological polar surface area (TPSA) is 63.5 Å². The van der Waals surface area contributed by atoms with Gasteiger partial charge in [-0.1, -0.05) is 30.3 Å². The number of nitro groups is 1. The van der Waals surface area contributed by atoms with Gasteiger partial charge in [-0.2, -0.15) is 0 Å². The summed E-state index contributed by atoms with van der Waals surface area (Å²) in [5.41, 5.74) is 1.18. The monoisotopic (exact) mass is 362 g/mol. The molecule has 1 amide bonds. The third kappa shape index (κ3) is 3.33. The lowest BCUT2D eigenvalue weighted by atomic mass is 10.1. The Labute approximate surface area is 136 Å². The maximum atomic E-state index is 12.5. The van der Waals surface area contributed by atoms with Gasteiger partial charge in [0.2, 0.25) is 0 Å². The number of carbonyl (C=O) groups excluding carboxylic acids is 1. The smallest absolute Gasteiger partial charge is 0.284 e. The third-order valence-corrected chi connectivity index (χ3v) is 4.24. The van der Waals surface area contributed by atoms with Crippen molar-refractivity contribution < 1.29 is 9.72 Å². The number of nitrogens with zero attached hydrogens (tertiary/aromatic N) is 2. The Balaban J connectivity index is 2.28. The van der Waals surface area contributed by atoms with Gasteiger partial charge in [0.05, 0.1) is 15.4 Å². The number of rotatable bonds is 4. The Morgan fingerprint density at radius 3 is 2.45 bits per heavy atom. The first-order valence-corrected chi connectivity index (χ1v) is 7.47. The molecule has 22 heavy (non-hydrogen) atoms. The molecule has 0 spiro atoms. The zero-order chi connectivity index (χ0) is 16.3. The number of carbonyl (C=O) groups is 1. The molecule has 114 valence electrons. The van der Waals surface area contributed by atoms with E-state index in [0.29, 0.717) is 10.0 Å².